The Balaban J connectivity index is 2.45. The van der Waals surface area contributed by atoms with Crippen LogP contribution in [0.15, 0.2) is 23.4 Å². The molecule has 1 rings (SSSR count). The van der Waals surface area contributed by atoms with E-state index in [9.17, 15) is 4.79 Å². The first-order valence-electron chi connectivity index (χ1n) is 5.65. The maximum Gasteiger partial charge on any atom is 0.303 e. The van der Waals surface area contributed by atoms with Gasteiger partial charge < -0.3 is 15.3 Å². The molecule has 0 unspecified atom stereocenters. The molecule has 0 radical (unpaired) electrons. The first-order chi connectivity index (χ1) is 8.63. The summed E-state index contributed by atoms with van der Waals surface area (Å²) in [5.74, 6) is -0.331. The second kappa shape index (κ2) is 7.26. The molecule has 1 aromatic rings. The third kappa shape index (κ3) is 4.82. The van der Waals surface area contributed by atoms with Crippen LogP contribution in [0.5, 0.6) is 5.88 Å². The van der Waals surface area contributed by atoms with E-state index in [1.165, 1.54) is 0 Å². The number of carboxylic acids is 1. The van der Waals surface area contributed by atoms with Gasteiger partial charge in [-0.3, -0.25) is 4.79 Å². The molecule has 2 N–H and O–H groups in total. The summed E-state index contributed by atoms with van der Waals surface area (Å²) in [7, 11) is 1.73. The van der Waals surface area contributed by atoms with Gasteiger partial charge in [0.2, 0.25) is 5.88 Å². The molecule has 1 aromatic heterocycles. The number of carbonyl (C=O) groups is 1. The van der Waals surface area contributed by atoms with Crippen molar-refractivity contribution in [2.75, 3.05) is 13.7 Å². The number of hydrazone groups is 1. The summed E-state index contributed by atoms with van der Waals surface area (Å²) in [5, 5.41) is 12.5. The van der Waals surface area contributed by atoms with Crippen molar-refractivity contribution in [3.05, 3.63) is 23.9 Å². The lowest BCUT2D eigenvalue weighted by molar-refractivity contribution is -0.137. The Kier molecular flexibility index (Phi) is 5.63. The van der Waals surface area contributed by atoms with E-state index in [1.807, 2.05) is 13.0 Å². The van der Waals surface area contributed by atoms with Crippen LogP contribution in [0.25, 0.3) is 0 Å². The van der Waals surface area contributed by atoms with Crippen molar-refractivity contribution in [3.63, 3.8) is 0 Å². The number of carboxylic acid groups (broad SMARTS) is 1. The van der Waals surface area contributed by atoms with Crippen LogP contribution in [0.3, 0.4) is 0 Å². The molecule has 0 spiro atoms. The number of nitrogens with zero attached hydrogens (tertiary/aromatic N) is 2. The van der Waals surface area contributed by atoms with E-state index in [0.29, 0.717) is 18.9 Å². The molecule has 0 atom stereocenters. The van der Waals surface area contributed by atoms with Gasteiger partial charge in [0, 0.05) is 31.3 Å². The summed E-state index contributed by atoms with van der Waals surface area (Å²) in [5.41, 5.74) is 4.45. The van der Waals surface area contributed by atoms with E-state index < -0.39 is 5.97 Å². The summed E-state index contributed by atoms with van der Waals surface area (Å²) in [6.45, 7) is 2.23. The standard InChI is InChI=1S/C12H17N3O3/c1-9(15-13-2)10-5-6-11(14-8-10)18-7-3-4-12(16)17/h5-6,8,13H,3-4,7H2,1-2H3,(H,16,17)/b15-9+. The van der Waals surface area contributed by atoms with Gasteiger partial charge in [0.15, 0.2) is 0 Å². The zero-order valence-electron chi connectivity index (χ0n) is 10.5. The van der Waals surface area contributed by atoms with Gasteiger partial charge in [0.05, 0.1) is 12.3 Å². The fourth-order valence-electron chi connectivity index (χ4n) is 1.31. The number of hydrogen-bond acceptors (Lipinski definition) is 5. The topological polar surface area (TPSA) is 83.8 Å². The Morgan fingerprint density at radius 3 is 2.89 bits per heavy atom. The lowest BCUT2D eigenvalue weighted by atomic mass is 10.2. The first kappa shape index (κ1) is 14.0. The van der Waals surface area contributed by atoms with Crippen molar-refractivity contribution in [1.82, 2.24) is 10.4 Å². The smallest absolute Gasteiger partial charge is 0.303 e. The molecule has 0 saturated heterocycles. The lowest BCUT2D eigenvalue weighted by Gasteiger charge is -2.05. The van der Waals surface area contributed by atoms with Gasteiger partial charge in [-0.15, -0.1) is 0 Å². The monoisotopic (exact) mass is 251 g/mol. The highest BCUT2D eigenvalue weighted by Gasteiger charge is 2.01. The zero-order valence-corrected chi connectivity index (χ0v) is 10.5. The minimum Gasteiger partial charge on any atom is -0.481 e. The number of aromatic nitrogens is 1. The molecular weight excluding hydrogens is 234 g/mol. The Morgan fingerprint density at radius 1 is 1.56 bits per heavy atom. The molecule has 0 aliphatic rings. The van der Waals surface area contributed by atoms with E-state index in [0.717, 1.165) is 11.3 Å². The van der Waals surface area contributed by atoms with Gasteiger partial charge in [0.25, 0.3) is 0 Å². The Morgan fingerprint density at radius 2 is 2.33 bits per heavy atom. The molecule has 1 heterocycles. The predicted molar refractivity (Wildman–Crippen MR) is 67.9 cm³/mol. The van der Waals surface area contributed by atoms with Crippen LogP contribution in [-0.4, -0.2) is 35.4 Å². The molecule has 0 aliphatic heterocycles. The molecule has 6 heteroatoms. The maximum atomic E-state index is 10.3. The molecule has 6 nitrogen and oxygen atoms in total. The average molecular weight is 251 g/mol. The molecule has 98 valence electrons. The van der Waals surface area contributed by atoms with E-state index in [2.05, 4.69) is 15.5 Å². The predicted octanol–water partition coefficient (Wildman–Crippen LogP) is 1.27. The fourth-order valence-corrected chi connectivity index (χ4v) is 1.31. The minimum atomic E-state index is -0.819. The summed E-state index contributed by atoms with van der Waals surface area (Å²) in [4.78, 5) is 14.4. The molecule has 0 amide bonds. The van der Waals surface area contributed by atoms with Crippen molar-refractivity contribution in [1.29, 1.82) is 0 Å². The first-order valence-corrected chi connectivity index (χ1v) is 5.65. The zero-order chi connectivity index (χ0) is 13.4. The van der Waals surface area contributed by atoms with Crippen LogP contribution < -0.4 is 10.2 Å². The third-order valence-electron chi connectivity index (χ3n) is 2.22. The normalized spacial score (nSPS) is 11.1. The fraction of sp³-hybridized carbons (Fsp3) is 0.417. The van der Waals surface area contributed by atoms with Crippen LogP contribution in [0, 0.1) is 0 Å². The molecular formula is C12H17N3O3. The largest absolute Gasteiger partial charge is 0.481 e. The van der Waals surface area contributed by atoms with E-state index in [1.54, 1.807) is 19.3 Å². The van der Waals surface area contributed by atoms with E-state index in [-0.39, 0.29) is 6.42 Å². The van der Waals surface area contributed by atoms with Crippen LogP contribution in [0.1, 0.15) is 25.3 Å². The van der Waals surface area contributed by atoms with Crippen molar-refractivity contribution in [2.24, 2.45) is 5.10 Å². The highest BCUT2D eigenvalue weighted by Crippen LogP contribution is 2.09. The average Bonchev–Trinajstić information content (AvgIpc) is 2.35. The second-order valence-electron chi connectivity index (χ2n) is 3.65. The number of hydrogen-bond donors (Lipinski definition) is 2. The lowest BCUT2D eigenvalue weighted by Crippen LogP contribution is -2.05. The van der Waals surface area contributed by atoms with Gasteiger partial charge in [0.1, 0.15) is 0 Å². The van der Waals surface area contributed by atoms with Gasteiger partial charge in [-0.25, -0.2) is 4.98 Å². The quantitative estimate of drug-likeness (QED) is 0.433. The van der Waals surface area contributed by atoms with Crippen LogP contribution in [-0.2, 0) is 4.79 Å². The van der Waals surface area contributed by atoms with Crippen molar-refractivity contribution in [2.45, 2.75) is 19.8 Å². The van der Waals surface area contributed by atoms with Crippen molar-refractivity contribution in [3.8, 4) is 5.88 Å². The number of rotatable bonds is 7. The molecule has 0 aromatic carbocycles. The van der Waals surface area contributed by atoms with E-state index >= 15 is 0 Å². The van der Waals surface area contributed by atoms with Crippen molar-refractivity contribution >= 4 is 11.7 Å². The van der Waals surface area contributed by atoms with Gasteiger partial charge in [-0.05, 0) is 19.4 Å². The molecule has 0 bridgehead atoms. The van der Waals surface area contributed by atoms with Crippen LogP contribution >= 0.6 is 0 Å². The Labute approximate surface area is 106 Å². The summed E-state index contributed by atoms with van der Waals surface area (Å²) in [6, 6.07) is 3.60. The maximum absolute atomic E-state index is 10.3. The Bertz CT molecular complexity index is 415. The SMILES string of the molecule is CN/N=C(\C)c1ccc(OCCCC(=O)O)nc1. The third-order valence-corrected chi connectivity index (χ3v) is 2.22. The minimum absolute atomic E-state index is 0.103. The van der Waals surface area contributed by atoms with Gasteiger partial charge >= 0.3 is 5.97 Å². The molecule has 0 fully saturated rings. The highest BCUT2D eigenvalue weighted by molar-refractivity contribution is 5.98. The Hall–Kier alpha value is -2.11. The van der Waals surface area contributed by atoms with Crippen LogP contribution in [0.4, 0.5) is 0 Å². The molecule has 0 saturated carbocycles. The summed E-state index contributed by atoms with van der Waals surface area (Å²) >= 11 is 0. The van der Waals surface area contributed by atoms with Gasteiger partial charge in [-0.1, -0.05) is 0 Å². The highest BCUT2D eigenvalue weighted by atomic mass is 16.5. The number of pyridine rings is 1. The molecule has 18 heavy (non-hydrogen) atoms. The summed E-state index contributed by atoms with van der Waals surface area (Å²) in [6.07, 6.45) is 2.24. The van der Waals surface area contributed by atoms with Gasteiger partial charge in [-0.2, -0.15) is 5.10 Å². The van der Waals surface area contributed by atoms with Crippen LogP contribution in [0.2, 0.25) is 0 Å². The number of aliphatic carboxylic acids is 1. The van der Waals surface area contributed by atoms with E-state index in [4.69, 9.17) is 9.84 Å². The summed E-state index contributed by atoms with van der Waals surface area (Å²) < 4.78 is 5.32. The van der Waals surface area contributed by atoms with Crippen molar-refractivity contribution < 1.29 is 14.6 Å². The number of nitrogens with one attached hydrogen (secondary N) is 1. The number of ether oxygens (including phenoxy) is 1. The second-order valence-corrected chi connectivity index (χ2v) is 3.65. The molecule has 0 aliphatic carbocycles.